The maximum Gasteiger partial charge on any atom is 0.0461 e. The summed E-state index contributed by atoms with van der Waals surface area (Å²) in [6, 6.07) is 0. The van der Waals surface area contributed by atoms with Crippen LogP contribution in [0.15, 0.2) is 0 Å². The highest BCUT2D eigenvalue weighted by Crippen LogP contribution is 2.23. The number of aliphatic hydroxyl groups excluding tert-OH is 1. The second-order valence-electron chi connectivity index (χ2n) is 4.34. The monoisotopic (exact) mass is 172 g/mol. The van der Waals surface area contributed by atoms with E-state index in [4.69, 9.17) is 0 Å². The van der Waals surface area contributed by atoms with E-state index in [0.29, 0.717) is 24.4 Å². The van der Waals surface area contributed by atoms with E-state index in [1.165, 1.54) is 12.8 Å². The van der Waals surface area contributed by atoms with Gasteiger partial charge in [-0.25, -0.2) is 0 Å². The summed E-state index contributed by atoms with van der Waals surface area (Å²) in [5.74, 6) is 1.91. The Balaban J connectivity index is 3.78. The Morgan fingerprint density at radius 1 is 1.17 bits per heavy atom. The van der Waals surface area contributed by atoms with Gasteiger partial charge in [-0.05, 0) is 24.2 Å². The molecule has 0 saturated carbocycles. The van der Waals surface area contributed by atoms with Gasteiger partial charge in [-0.1, -0.05) is 40.5 Å². The smallest absolute Gasteiger partial charge is 0.0461 e. The van der Waals surface area contributed by atoms with Crippen molar-refractivity contribution in [2.45, 2.75) is 47.0 Å². The molecule has 0 aliphatic rings. The van der Waals surface area contributed by atoms with Crippen molar-refractivity contribution in [2.75, 3.05) is 6.61 Å². The molecule has 1 nitrogen and oxygen atoms in total. The van der Waals surface area contributed by atoms with E-state index in [1.54, 1.807) is 0 Å². The van der Waals surface area contributed by atoms with Crippen LogP contribution in [-0.4, -0.2) is 11.7 Å². The molecule has 0 heterocycles. The van der Waals surface area contributed by atoms with Crippen LogP contribution in [0.1, 0.15) is 47.0 Å². The minimum absolute atomic E-state index is 0.360. The molecule has 0 radical (unpaired) electrons. The summed E-state index contributed by atoms with van der Waals surface area (Å²) < 4.78 is 0. The van der Waals surface area contributed by atoms with Gasteiger partial charge in [0.05, 0.1) is 0 Å². The molecule has 1 N–H and O–H groups in total. The van der Waals surface area contributed by atoms with Gasteiger partial charge < -0.3 is 5.11 Å². The van der Waals surface area contributed by atoms with E-state index in [9.17, 15) is 5.11 Å². The molecule has 0 aromatic heterocycles. The minimum atomic E-state index is 0.360. The number of aliphatic hydroxyl groups is 1. The molecular formula is C11H24O. The zero-order valence-electron chi connectivity index (χ0n) is 9.01. The average molecular weight is 172 g/mol. The zero-order valence-corrected chi connectivity index (χ0v) is 9.01. The van der Waals surface area contributed by atoms with Crippen LogP contribution in [0, 0.1) is 17.8 Å². The van der Waals surface area contributed by atoms with Crippen LogP contribution in [0.2, 0.25) is 0 Å². The number of hydrogen-bond donors (Lipinski definition) is 1. The second kappa shape index (κ2) is 6.47. The van der Waals surface area contributed by atoms with Crippen LogP contribution in [0.25, 0.3) is 0 Å². The van der Waals surface area contributed by atoms with E-state index < -0.39 is 0 Å². The Morgan fingerprint density at radius 3 is 2.08 bits per heavy atom. The minimum Gasteiger partial charge on any atom is -0.396 e. The topological polar surface area (TPSA) is 20.2 Å². The lowest BCUT2D eigenvalue weighted by molar-refractivity contribution is 0.155. The molecule has 1 heteroatoms. The average Bonchev–Trinajstić information content (AvgIpc) is 2.00. The Kier molecular flexibility index (Phi) is 6.45. The van der Waals surface area contributed by atoms with Crippen molar-refractivity contribution < 1.29 is 5.11 Å². The maximum atomic E-state index is 9.17. The second-order valence-corrected chi connectivity index (χ2v) is 4.34. The van der Waals surface area contributed by atoms with Gasteiger partial charge in [0.25, 0.3) is 0 Å². The summed E-state index contributed by atoms with van der Waals surface area (Å²) in [4.78, 5) is 0. The van der Waals surface area contributed by atoms with Crippen molar-refractivity contribution in [3.63, 3.8) is 0 Å². The van der Waals surface area contributed by atoms with Gasteiger partial charge in [0.1, 0.15) is 0 Å². The summed E-state index contributed by atoms with van der Waals surface area (Å²) in [5, 5.41) is 9.17. The van der Waals surface area contributed by atoms with Crippen molar-refractivity contribution in [2.24, 2.45) is 17.8 Å². The Labute approximate surface area is 77.2 Å². The molecule has 0 rings (SSSR count). The molecule has 0 aromatic carbocycles. The van der Waals surface area contributed by atoms with Crippen molar-refractivity contribution in [3.05, 3.63) is 0 Å². The Bertz CT molecular complexity index is 99.2. The summed E-state index contributed by atoms with van der Waals surface area (Å²) in [6.45, 7) is 9.27. The quantitative estimate of drug-likeness (QED) is 0.653. The van der Waals surface area contributed by atoms with Crippen LogP contribution < -0.4 is 0 Å². The largest absolute Gasteiger partial charge is 0.396 e. The van der Waals surface area contributed by atoms with E-state index in [1.807, 2.05) is 0 Å². The van der Waals surface area contributed by atoms with Gasteiger partial charge in [0.15, 0.2) is 0 Å². The molecule has 0 aliphatic heterocycles. The fourth-order valence-electron chi connectivity index (χ4n) is 1.78. The molecule has 74 valence electrons. The Hall–Kier alpha value is -0.0400. The molecule has 12 heavy (non-hydrogen) atoms. The predicted octanol–water partition coefficient (Wildman–Crippen LogP) is 3.08. The summed E-state index contributed by atoms with van der Waals surface area (Å²) in [6.07, 6.45) is 3.64. The predicted molar refractivity (Wildman–Crippen MR) is 54.1 cm³/mol. The normalized spacial score (nSPS) is 16.5. The first-order chi connectivity index (χ1) is 5.61. The lowest BCUT2D eigenvalue weighted by atomic mass is 9.85. The van der Waals surface area contributed by atoms with Crippen LogP contribution in [0.3, 0.4) is 0 Å². The first kappa shape index (κ1) is 12.0. The first-order valence-corrected chi connectivity index (χ1v) is 5.22. The zero-order chi connectivity index (χ0) is 9.56. The first-order valence-electron chi connectivity index (χ1n) is 5.22. The van der Waals surface area contributed by atoms with Gasteiger partial charge in [-0.15, -0.1) is 0 Å². The van der Waals surface area contributed by atoms with E-state index in [0.717, 1.165) is 6.42 Å². The molecule has 2 atom stereocenters. The molecule has 0 aromatic rings. The van der Waals surface area contributed by atoms with Gasteiger partial charge in [-0.2, -0.15) is 0 Å². The number of rotatable bonds is 6. The maximum absolute atomic E-state index is 9.17. The molecule has 0 fully saturated rings. The molecule has 0 amide bonds. The van der Waals surface area contributed by atoms with Crippen LogP contribution in [0.4, 0.5) is 0 Å². The van der Waals surface area contributed by atoms with Gasteiger partial charge >= 0.3 is 0 Å². The standard InChI is InChI=1S/C11H24O/c1-5-6-10(4)11(8-12)7-9(2)3/h9-12H,5-8H2,1-4H3. The fourth-order valence-corrected chi connectivity index (χ4v) is 1.78. The number of hydrogen-bond acceptors (Lipinski definition) is 1. The van der Waals surface area contributed by atoms with E-state index in [2.05, 4.69) is 27.7 Å². The third kappa shape index (κ3) is 4.76. The summed E-state index contributed by atoms with van der Waals surface area (Å²) >= 11 is 0. The highest BCUT2D eigenvalue weighted by Gasteiger charge is 2.16. The lowest BCUT2D eigenvalue weighted by Crippen LogP contribution is -2.18. The molecule has 0 spiro atoms. The van der Waals surface area contributed by atoms with E-state index >= 15 is 0 Å². The van der Waals surface area contributed by atoms with E-state index in [-0.39, 0.29) is 0 Å². The SMILES string of the molecule is CCCC(C)C(CO)CC(C)C. The van der Waals surface area contributed by atoms with Crippen molar-refractivity contribution in [1.29, 1.82) is 0 Å². The third-order valence-corrected chi connectivity index (χ3v) is 2.56. The van der Waals surface area contributed by atoms with Crippen molar-refractivity contribution >= 4 is 0 Å². The van der Waals surface area contributed by atoms with Gasteiger partial charge in [0, 0.05) is 6.61 Å². The highest BCUT2D eigenvalue weighted by atomic mass is 16.3. The van der Waals surface area contributed by atoms with Crippen LogP contribution in [-0.2, 0) is 0 Å². The third-order valence-electron chi connectivity index (χ3n) is 2.56. The molecular weight excluding hydrogens is 148 g/mol. The highest BCUT2D eigenvalue weighted by molar-refractivity contribution is 4.66. The Morgan fingerprint density at radius 2 is 1.75 bits per heavy atom. The van der Waals surface area contributed by atoms with Gasteiger partial charge in [0.2, 0.25) is 0 Å². The summed E-state index contributed by atoms with van der Waals surface area (Å²) in [5.41, 5.74) is 0. The molecule has 0 bridgehead atoms. The molecule has 0 saturated heterocycles. The molecule has 2 unspecified atom stereocenters. The lowest BCUT2D eigenvalue weighted by Gasteiger charge is -2.23. The van der Waals surface area contributed by atoms with Gasteiger partial charge in [-0.3, -0.25) is 0 Å². The van der Waals surface area contributed by atoms with Crippen molar-refractivity contribution in [1.82, 2.24) is 0 Å². The van der Waals surface area contributed by atoms with Crippen LogP contribution in [0.5, 0.6) is 0 Å². The van der Waals surface area contributed by atoms with Crippen LogP contribution >= 0.6 is 0 Å². The fraction of sp³-hybridized carbons (Fsp3) is 1.00. The van der Waals surface area contributed by atoms with Crippen molar-refractivity contribution in [3.8, 4) is 0 Å². The summed E-state index contributed by atoms with van der Waals surface area (Å²) in [7, 11) is 0. The molecule has 0 aliphatic carbocycles.